The molecule has 0 fully saturated rings. The van der Waals surface area contributed by atoms with E-state index in [9.17, 15) is 9.59 Å². The largest absolute Gasteiger partial charge is 0.461 e. The number of hydrogen-bond donors (Lipinski definition) is 0. The minimum Gasteiger partial charge on any atom is -0.461 e. The van der Waals surface area contributed by atoms with E-state index < -0.39 is 0 Å². The molecule has 0 amide bonds. The van der Waals surface area contributed by atoms with E-state index in [0.29, 0.717) is 45.8 Å². The number of oxazole rings is 2. The van der Waals surface area contributed by atoms with Crippen LogP contribution in [0.2, 0.25) is 0 Å². The van der Waals surface area contributed by atoms with Crippen LogP contribution in [0.15, 0.2) is 93.8 Å². The highest BCUT2D eigenvalue weighted by Crippen LogP contribution is 2.28. The predicted molar refractivity (Wildman–Crippen MR) is 147 cm³/mol. The zero-order valence-corrected chi connectivity index (χ0v) is 22.3. The molecule has 0 saturated heterocycles. The van der Waals surface area contributed by atoms with Crippen LogP contribution in [0.1, 0.15) is 34.0 Å². The second-order valence-corrected chi connectivity index (χ2v) is 9.27. The van der Waals surface area contributed by atoms with Crippen LogP contribution in [0.3, 0.4) is 0 Å². The molecule has 3 aromatic carbocycles. The number of benzene rings is 3. The minimum absolute atomic E-state index is 0.00449. The Kier molecular flexibility index (Phi) is 8.15. The molecule has 5 aromatic rings. The van der Waals surface area contributed by atoms with Gasteiger partial charge in [0.15, 0.2) is 0 Å². The van der Waals surface area contributed by atoms with Gasteiger partial charge < -0.3 is 18.3 Å². The van der Waals surface area contributed by atoms with Crippen molar-refractivity contribution < 1.29 is 27.9 Å². The molecule has 0 bridgehead atoms. The summed E-state index contributed by atoms with van der Waals surface area (Å²) in [6.07, 6.45) is 0.00898. The second-order valence-electron chi connectivity index (χ2n) is 9.27. The lowest BCUT2D eigenvalue weighted by Gasteiger charge is -2.03. The van der Waals surface area contributed by atoms with Crippen molar-refractivity contribution >= 4 is 11.9 Å². The summed E-state index contributed by atoms with van der Waals surface area (Å²) in [6.45, 7) is 3.93. The average molecular weight is 537 g/mol. The van der Waals surface area contributed by atoms with Gasteiger partial charge in [-0.05, 0) is 43.2 Å². The number of ether oxygens (including phenoxy) is 2. The lowest BCUT2D eigenvalue weighted by atomic mass is 10.1. The number of esters is 2. The molecule has 8 nitrogen and oxygen atoms in total. The Bertz CT molecular complexity index is 1490. The van der Waals surface area contributed by atoms with Crippen LogP contribution >= 0.6 is 0 Å². The summed E-state index contributed by atoms with van der Waals surface area (Å²) < 4.78 is 22.5. The maximum Gasteiger partial charge on any atom is 0.312 e. The fourth-order valence-corrected chi connectivity index (χ4v) is 4.07. The van der Waals surface area contributed by atoms with Crippen molar-refractivity contribution in [1.82, 2.24) is 9.97 Å². The standard InChI is InChI=1S/C32H28N2O6/c1-21-27(17-29(35)37-19-23-10-5-3-6-11-23)33-31(39-21)25-14-9-15-26(16-25)32-34-28(22(2)40-32)18-30(36)38-20-24-12-7-4-8-13-24/h3-16H,17-20H2,1-2H3. The third-order valence-corrected chi connectivity index (χ3v) is 6.25. The van der Waals surface area contributed by atoms with Crippen molar-refractivity contribution in [1.29, 1.82) is 0 Å². The van der Waals surface area contributed by atoms with Crippen molar-refractivity contribution in [2.24, 2.45) is 0 Å². The van der Waals surface area contributed by atoms with E-state index >= 15 is 0 Å². The molecule has 0 atom stereocenters. The fraction of sp³-hybridized carbons (Fsp3) is 0.188. The van der Waals surface area contributed by atoms with Gasteiger partial charge in [-0.25, -0.2) is 9.97 Å². The molecule has 0 aliphatic heterocycles. The van der Waals surface area contributed by atoms with Gasteiger partial charge in [0, 0.05) is 11.1 Å². The van der Waals surface area contributed by atoms with E-state index in [0.717, 1.165) is 11.1 Å². The first-order valence-corrected chi connectivity index (χ1v) is 12.9. The summed E-state index contributed by atoms with van der Waals surface area (Å²) in [4.78, 5) is 33.9. The van der Waals surface area contributed by atoms with E-state index in [1.807, 2.05) is 84.9 Å². The number of rotatable bonds is 10. The Morgan fingerprint density at radius 3 is 1.48 bits per heavy atom. The van der Waals surface area contributed by atoms with Gasteiger partial charge in [0.2, 0.25) is 11.8 Å². The molecule has 2 aromatic heterocycles. The van der Waals surface area contributed by atoms with E-state index in [4.69, 9.17) is 18.3 Å². The normalized spacial score (nSPS) is 10.8. The molecule has 202 valence electrons. The molecule has 5 rings (SSSR count). The molecule has 2 heterocycles. The number of carbonyl (C=O) groups is 2. The maximum atomic E-state index is 12.4. The van der Waals surface area contributed by atoms with E-state index in [-0.39, 0.29) is 38.0 Å². The van der Waals surface area contributed by atoms with E-state index in [2.05, 4.69) is 9.97 Å². The molecular weight excluding hydrogens is 508 g/mol. The molecule has 0 N–H and O–H groups in total. The Balaban J connectivity index is 1.23. The third-order valence-electron chi connectivity index (χ3n) is 6.25. The summed E-state index contributed by atoms with van der Waals surface area (Å²) in [5, 5.41) is 0. The number of carbonyl (C=O) groups excluding carboxylic acids is 2. The molecule has 0 saturated carbocycles. The molecule has 0 unspecified atom stereocenters. The van der Waals surface area contributed by atoms with Crippen molar-refractivity contribution in [3.63, 3.8) is 0 Å². The average Bonchev–Trinajstić information content (AvgIpc) is 3.53. The van der Waals surface area contributed by atoms with Gasteiger partial charge in [0.1, 0.15) is 24.7 Å². The molecule has 0 aliphatic carbocycles. The minimum atomic E-state index is -0.384. The zero-order chi connectivity index (χ0) is 27.9. The number of aryl methyl sites for hydroxylation is 2. The lowest BCUT2D eigenvalue weighted by Crippen LogP contribution is -2.09. The van der Waals surface area contributed by atoms with Gasteiger partial charge in [-0.1, -0.05) is 66.7 Å². The predicted octanol–water partition coefficient (Wildman–Crippen LogP) is 6.19. The van der Waals surface area contributed by atoms with Crippen LogP contribution in [-0.2, 0) is 45.1 Å². The van der Waals surface area contributed by atoms with Gasteiger partial charge in [-0.3, -0.25) is 9.59 Å². The first-order chi connectivity index (χ1) is 19.4. The summed E-state index contributed by atoms with van der Waals surface area (Å²) in [5.74, 6) is 1.06. The second kappa shape index (κ2) is 12.3. The Labute approximate surface area is 231 Å². The topological polar surface area (TPSA) is 105 Å². The van der Waals surface area contributed by atoms with E-state index in [1.165, 1.54) is 0 Å². The summed E-state index contributed by atoms with van der Waals surface area (Å²) in [7, 11) is 0. The monoisotopic (exact) mass is 536 g/mol. The highest BCUT2D eigenvalue weighted by molar-refractivity contribution is 5.73. The van der Waals surface area contributed by atoms with Crippen molar-refractivity contribution in [3.05, 3.63) is 119 Å². The quantitative estimate of drug-likeness (QED) is 0.195. The van der Waals surface area contributed by atoms with Crippen molar-refractivity contribution in [2.45, 2.75) is 39.9 Å². The molecule has 0 radical (unpaired) electrons. The van der Waals surface area contributed by atoms with Gasteiger partial charge >= 0.3 is 11.9 Å². The first-order valence-electron chi connectivity index (χ1n) is 12.9. The van der Waals surface area contributed by atoms with Crippen LogP contribution in [0.5, 0.6) is 0 Å². The van der Waals surface area contributed by atoms with Crippen LogP contribution in [0.25, 0.3) is 22.9 Å². The smallest absolute Gasteiger partial charge is 0.312 e. The summed E-state index contributed by atoms with van der Waals surface area (Å²) in [6, 6.07) is 26.4. The van der Waals surface area contributed by atoms with Crippen LogP contribution in [0, 0.1) is 13.8 Å². The van der Waals surface area contributed by atoms with Crippen LogP contribution in [0.4, 0.5) is 0 Å². The van der Waals surface area contributed by atoms with Gasteiger partial charge in [0.05, 0.1) is 24.2 Å². The summed E-state index contributed by atoms with van der Waals surface area (Å²) in [5.41, 5.74) is 4.26. The van der Waals surface area contributed by atoms with Crippen LogP contribution < -0.4 is 0 Å². The molecule has 0 spiro atoms. The van der Waals surface area contributed by atoms with E-state index in [1.54, 1.807) is 13.8 Å². The summed E-state index contributed by atoms with van der Waals surface area (Å²) >= 11 is 0. The highest BCUT2D eigenvalue weighted by Gasteiger charge is 2.19. The number of nitrogens with zero attached hydrogens (tertiary/aromatic N) is 2. The SMILES string of the molecule is Cc1oc(-c2cccc(-c3nc(CC(=O)OCc4ccccc4)c(C)o3)c2)nc1CC(=O)OCc1ccccc1. The number of hydrogen-bond acceptors (Lipinski definition) is 8. The molecule has 0 aliphatic rings. The number of aromatic nitrogens is 2. The molecular formula is C32H28N2O6. The van der Waals surface area contributed by atoms with Gasteiger partial charge in [-0.15, -0.1) is 0 Å². The lowest BCUT2D eigenvalue weighted by molar-refractivity contribution is -0.145. The third kappa shape index (κ3) is 6.71. The molecule has 40 heavy (non-hydrogen) atoms. The Hall–Kier alpha value is -4.98. The van der Waals surface area contributed by atoms with Crippen molar-refractivity contribution in [2.75, 3.05) is 0 Å². The fourth-order valence-electron chi connectivity index (χ4n) is 4.07. The zero-order valence-electron chi connectivity index (χ0n) is 22.3. The van der Waals surface area contributed by atoms with Gasteiger partial charge in [-0.2, -0.15) is 0 Å². The first kappa shape index (κ1) is 26.6. The van der Waals surface area contributed by atoms with Crippen molar-refractivity contribution in [3.8, 4) is 22.9 Å². The Morgan fingerprint density at radius 2 is 1.05 bits per heavy atom. The van der Waals surface area contributed by atoms with Crippen LogP contribution in [-0.4, -0.2) is 21.9 Å². The van der Waals surface area contributed by atoms with Gasteiger partial charge in [0.25, 0.3) is 0 Å². The Morgan fingerprint density at radius 1 is 0.625 bits per heavy atom. The molecule has 8 heteroatoms. The maximum absolute atomic E-state index is 12.4. The highest BCUT2D eigenvalue weighted by atomic mass is 16.5.